The highest BCUT2D eigenvalue weighted by Crippen LogP contribution is 2.26. The van der Waals surface area contributed by atoms with Gasteiger partial charge in [-0.05, 0) is 42.7 Å². The number of hydrogen-bond donors (Lipinski definition) is 4. The number of hydrogen-bond acceptors (Lipinski definition) is 6. The Balaban J connectivity index is 1.63. The topological polar surface area (TPSA) is 133 Å². The van der Waals surface area contributed by atoms with E-state index in [4.69, 9.17) is 0 Å². The molecule has 2 aromatic carbocycles. The van der Waals surface area contributed by atoms with Gasteiger partial charge in [-0.1, -0.05) is 36.3 Å². The Morgan fingerprint density at radius 3 is 2.50 bits per heavy atom. The third kappa shape index (κ3) is 4.39. The Morgan fingerprint density at radius 2 is 1.81 bits per heavy atom. The molecule has 4 aromatic rings. The molecule has 4 N–H and O–H groups in total. The van der Waals surface area contributed by atoms with E-state index in [2.05, 4.69) is 42.4 Å². The average molecular weight is 426 g/mol. The Bertz CT molecular complexity index is 1340. The number of anilines is 2. The minimum atomic E-state index is -1.04. The standard InChI is InChI=1S/C23H18N6O3/c1-2-6-17(30)26-16-11-9-15(10-12-16)20-28-19-21(24-13-25-22(19)29-20)27-18(23(31)32)14-7-4-3-5-8-14/h3-5,7-13,18H,1H3,(H,26,30)(H,31,32)(H2,24,25,27,28,29)/t18-/m0/s1. The van der Waals surface area contributed by atoms with Crippen LogP contribution in [-0.4, -0.2) is 36.9 Å². The zero-order valence-electron chi connectivity index (χ0n) is 17.0. The Hall–Kier alpha value is -4.71. The average Bonchev–Trinajstić information content (AvgIpc) is 3.23. The molecule has 0 saturated heterocycles. The summed E-state index contributed by atoms with van der Waals surface area (Å²) >= 11 is 0. The minimum Gasteiger partial charge on any atom is -0.479 e. The van der Waals surface area contributed by atoms with E-state index in [1.165, 1.54) is 6.33 Å². The molecule has 9 nitrogen and oxygen atoms in total. The number of carbonyl (C=O) groups excluding carboxylic acids is 1. The van der Waals surface area contributed by atoms with Gasteiger partial charge in [0.25, 0.3) is 5.91 Å². The Kier molecular flexibility index (Phi) is 5.76. The zero-order valence-corrected chi connectivity index (χ0v) is 17.0. The van der Waals surface area contributed by atoms with Crippen LogP contribution in [0.4, 0.5) is 11.5 Å². The number of carbonyl (C=O) groups is 2. The number of rotatable bonds is 6. The van der Waals surface area contributed by atoms with Crippen molar-refractivity contribution in [3.05, 3.63) is 66.5 Å². The summed E-state index contributed by atoms with van der Waals surface area (Å²) in [6, 6.07) is 14.9. The molecule has 2 heterocycles. The van der Waals surface area contributed by atoms with E-state index in [0.717, 1.165) is 5.56 Å². The minimum absolute atomic E-state index is 0.302. The molecule has 0 aliphatic carbocycles. The molecule has 9 heteroatoms. The van der Waals surface area contributed by atoms with Crippen molar-refractivity contribution in [3.63, 3.8) is 0 Å². The maximum Gasteiger partial charge on any atom is 0.330 e. The van der Waals surface area contributed by atoms with Gasteiger partial charge in [-0.3, -0.25) is 4.79 Å². The number of aromatic nitrogens is 4. The molecule has 0 bridgehead atoms. The molecule has 32 heavy (non-hydrogen) atoms. The van der Waals surface area contributed by atoms with Crippen LogP contribution in [0.3, 0.4) is 0 Å². The summed E-state index contributed by atoms with van der Waals surface area (Å²) in [4.78, 5) is 39.5. The Morgan fingerprint density at radius 1 is 1.06 bits per heavy atom. The van der Waals surface area contributed by atoms with Crippen LogP contribution in [0.1, 0.15) is 18.5 Å². The molecule has 0 radical (unpaired) electrons. The third-order valence-electron chi connectivity index (χ3n) is 4.60. The lowest BCUT2D eigenvalue weighted by Gasteiger charge is -2.15. The van der Waals surface area contributed by atoms with E-state index in [1.54, 1.807) is 55.5 Å². The maximum atomic E-state index is 11.8. The predicted molar refractivity (Wildman–Crippen MR) is 120 cm³/mol. The van der Waals surface area contributed by atoms with Gasteiger partial charge in [-0.15, -0.1) is 0 Å². The fraction of sp³-hybridized carbons (Fsp3) is 0.0870. The number of amides is 1. The van der Waals surface area contributed by atoms with Crippen molar-refractivity contribution < 1.29 is 14.7 Å². The van der Waals surface area contributed by atoms with E-state index in [0.29, 0.717) is 34.1 Å². The lowest BCUT2D eigenvalue weighted by molar-refractivity contribution is -0.138. The van der Waals surface area contributed by atoms with Gasteiger partial charge in [0.05, 0.1) is 0 Å². The molecule has 1 atom stereocenters. The second kappa shape index (κ2) is 8.97. The summed E-state index contributed by atoms with van der Waals surface area (Å²) in [5, 5.41) is 15.3. The van der Waals surface area contributed by atoms with Crippen LogP contribution in [-0.2, 0) is 9.59 Å². The maximum absolute atomic E-state index is 11.8. The number of carboxylic acids is 1. The van der Waals surface area contributed by atoms with Crippen LogP contribution in [0, 0.1) is 11.8 Å². The van der Waals surface area contributed by atoms with Crippen LogP contribution in [0.2, 0.25) is 0 Å². The predicted octanol–water partition coefficient (Wildman–Crippen LogP) is 3.22. The lowest BCUT2D eigenvalue weighted by atomic mass is 10.1. The summed E-state index contributed by atoms with van der Waals surface area (Å²) in [6.45, 7) is 1.59. The van der Waals surface area contributed by atoms with E-state index in [-0.39, 0.29) is 5.91 Å². The van der Waals surface area contributed by atoms with Crippen LogP contribution in [0.5, 0.6) is 0 Å². The van der Waals surface area contributed by atoms with Gasteiger partial charge in [0.1, 0.15) is 12.2 Å². The van der Waals surface area contributed by atoms with Crippen LogP contribution >= 0.6 is 0 Å². The van der Waals surface area contributed by atoms with Gasteiger partial charge in [0.15, 0.2) is 23.0 Å². The number of aromatic amines is 1. The van der Waals surface area contributed by atoms with E-state index >= 15 is 0 Å². The number of benzene rings is 2. The quantitative estimate of drug-likeness (QED) is 0.348. The van der Waals surface area contributed by atoms with Crippen molar-refractivity contribution >= 4 is 34.5 Å². The van der Waals surface area contributed by atoms with Gasteiger partial charge in [-0.2, -0.15) is 0 Å². The highest BCUT2D eigenvalue weighted by molar-refractivity contribution is 6.04. The number of nitrogens with zero attached hydrogens (tertiary/aromatic N) is 3. The molecule has 0 unspecified atom stereocenters. The summed E-state index contributed by atoms with van der Waals surface area (Å²) in [6.07, 6.45) is 1.34. The van der Waals surface area contributed by atoms with Crippen molar-refractivity contribution in [1.82, 2.24) is 19.9 Å². The third-order valence-corrected chi connectivity index (χ3v) is 4.60. The first-order chi connectivity index (χ1) is 15.5. The number of nitrogens with one attached hydrogen (secondary N) is 3. The summed E-state index contributed by atoms with van der Waals surface area (Å²) in [5.74, 6) is 4.37. The van der Waals surface area contributed by atoms with Crippen molar-refractivity contribution in [3.8, 4) is 23.2 Å². The molecule has 0 saturated carbocycles. The van der Waals surface area contributed by atoms with Gasteiger partial charge < -0.3 is 20.7 Å². The molecular weight excluding hydrogens is 408 g/mol. The smallest absolute Gasteiger partial charge is 0.330 e. The van der Waals surface area contributed by atoms with Crippen molar-refractivity contribution in [2.45, 2.75) is 13.0 Å². The molecule has 0 spiro atoms. The van der Waals surface area contributed by atoms with Crippen molar-refractivity contribution in [2.24, 2.45) is 0 Å². The highest BCUT2D eigenvalue weighted by Gasteiger charge is 2.22. The molecule has 0 fully saturated rings. The molecule has 0 aliphatic heterocycles. The van der Waals surface area contributed by atoms with E-state index < -0.39 is 12.0 Å². The second-order valence-corrected chi connectivity index (χ2v) is 6.74. The van der Waals surface area contributed by atoms with Crippen LogP contribution in [0.15, 0.2) is 60.9 Å². The van der Waals surface area contributed by atoms with Crippen LogP contribution in [0.25, 0.3) is 22.6 Å². The first-order valence-electron chi connectivity index (χ1n) is 9.64. The van der Waals surface area contributed by atoms with Gasteiger partial charge >= 0.3 is 5.97 Å². The fourth-order valence-electron chi connectivity index (χ4n) is 3.13. The van der Waals surface area contributed by atoms with Gasteiger partial charge in [0, 0.05) is 11.3 Å². The van der Waals surface area contributed by atoms with E-state index in [1.807, 2.05) is 6.07 Å². The number of fused-ring (bicyclic) bond motifs is 1. The summed E-state index contributed by atoms with van der Waals surface area (Å²) < 4.78 is 0. The summed E-state index contributed by atoms with van der Waals surface area (Å²) in [7, 11) is 0. The molecule has 0 aliphatic rings. The first kappa shape index (κ1) is 20.6. The fourth-order valence-corrected chi connectivity index (χ4v) is 3.13. The number of imidazole rings is 1. The first-order valence-corrected chi connectivity index (χ1v) is 9.64. The molecule has 4 rings (SSSR count). The van der Waals surface area contributed by atoms with E-state index in [9.17, 15) is 14.7 Å². The monoisotopic (exact) mass is 426 g/mol. The van der Waals surface area contributed by atoms with Crippen molar-refractivity contribution in [1.29, 1.82) is 0 Å². The van der Waals surface area contributed by atoms with Gasteiger partial charge in [-0.25, -0.2) is 19.7 Å². The number of aliphatic carboxylic acids is 1. The number of carboxylic acid groups (broad SMARTS) is 1. The largest absolute Gasteiger partial charge is 0.479 e. The SMILES string of the molecule is CC#CC(=O)Nc1ccc(-c2nc3c(N[C@H](C(=O)O)c4ccccc4)ncnc3[nH]2)cc1. The molecular formula is C23H18N6O3. The Labute approximate surface area is 183 Å². The lowest BCUT2D eigenvalue weighted by Crippen LogP contribution is -2.21. The molecule has 1 amide bonds. The van der Waals surface area contributed by atoms with Crippen molar-refractivity contribution in [2.75, 3.05) is 10.6 Å². The normalized spacial score (nSPS) is 11.3. The summed E-state index contributed by atoms with van der Waals surface area (Å²) in [5.41, 5.74) is 2.83. The second-order valence-electron chi connectivity index (χ2n) is 6.74. The molecule has 2 aromatic heterocycles. The highest BCUT2D eigenvalue weighted by atomic mass is 16.4. The van der Waals surface area contributed by atoms with Crippen LogP contribution < -0.4 is 10.6 Å². The molecule has 158 valence electrons. The zero-order chi connectivity index (χ0) is 22.5. The number of H-pyrrole nitrogens is 1. The van der Waals surface area contributed by atoms with Gasteiger partial charge in [0.2, 0.25) is 0 Å².